The number of thiophene rings is 1. The number of amides is 1. The van der Waals surface area contributed by atoms with Crippen LogP contribution in [0.4, 0.5) is 0 Å². The van der Waals surface area contributed by atoms with Crippen molar-refractivity contribution in [2.24, 2.45) is 0 Å². The van der Waals surface area contributed by atoms with Crippen LogP contribution in [0.25, 0.3) is 0 Å². The average molecular weight is 250 g/mol. The summed E-state index contributed by atoms with van der Waals surface area (Å²) in [5, 5.41) is 6.47. The van der Waals surface area contributed by atoms with E-state index in [2.05, 4.69) is 16.7 Å². The van der Waals surface area contributed by atoms with Crippen molar-refractivity contribution in [1.82, 2.24) is 10.6 Å². The predicted octanol–water partition coefficient (Wildman–Crippen LogP) is 1.72. The second-order valence-electron chi connectivity index (χ2n) is 4.91. The minimum Gasteiger partial charge on any atom is -0.349 e. The number of aryl methyl sites for hydroxylation is 2. The van der Waals surface area contributed by atoms with Crippen molar-refractivity contribution in [1.29, 1.82) is 0 Å². The molecule has 1 amide bonds. The van der Waals surface area contributed by atoms with Crippen LogP contribution in [0.3, 0.4) is 0 Å². The topological polar surface area (TPSA) is 41.1 Å². The van der Waals surface area contributed by atoms with Crippen molar-refractivity contribution in [2.75, 3.05) is 13.1 Å². The summed E-state index contributed by atoms with van der Waals surface area (Å²) >= 11 is 1.69. The molecule has 0 aromatic carbocycles. The van der Waals surface area contributed by atoms with E-state index in [1.54, 1.807) is 11.3 Å². The van der Waals surface area contributed by atoms with Crippen molar-refractivity contribution >= 4 is 17.2 Å². The van der Waals surface area contributed by atoms with Crippen molar-refractivity contribution in [2.45, 2.75) is 38.1 Å². The molecule has 0 saturated carbocycles. The summed E-state index contributed by atoms with van der Waals surface area (Å²) in [6, 6.07) is 2.46. The number of carbonyl (C=O) groups excluding carboxylic acids is 1. The first-order chi connectivity index (χ1) is 8.33. The maximum Gasteiger partial charge on any atom is 0.261 e. The van der Waals surface area contributed by atoms with Crippen LogP contribution in [0.1, 0.15) is 39.4 Å². The van der Waals surface area contributed by atoms with Gasteiger partial charge in [-0.15, -0.1) is 11.3 Å². The third-order valence-electron chi connectivity index (χ3n) is 3.64. The zero-order valence-corrected chi connectivity index (χ0v) is 10.7. The number of hydrogen-bond acceptors (Lipinski definition) is 3. The van der Waals surface area contributed by atoms with Gasteiger partial charge < -0.3 is 10.6 Å². The summed E-state index contributed by atoms with van der Waals surface area (Å²) < 4.78 is 0. The van der Waals surface area contributed by atoms with Gasteiger partial charge in [-0.3, -0.25) is 4.79 Å². The lowest BCUT2D eigenvalue weighted by molar-refractivity contribution is 0.0933. The van der Waals surface area contributed by atoms with E-state index < -0.39 is 0 Å². The molecule has 1 aliphatic heterocycles. The number of hydrogen-bond donors (Lipinski definition) is 2. The van der Waals surface area contributed by atoms with Gasteiger partial charge in [-0.25, -0.2) is 0 Å². The molecule has 0 atom stereocenters. The van der Waals surface area contributed by atoms with Crippen LogP contribution < -0.4 is 10.6 Å². The van der Waals surface area contributed by atoms with Gasteiger partial charge in [0.15, 0.2) is 0 Å². The van der Waals surface area contributed by atoms with Crippen LogP contribution >= 0.6 is 11.3 Å². The number of fused-ring (bicyclic) bond motifs is 1. The van der Waals surface area contributed by atoms with Crippen LogP contribution in [-0.4, -0.2) is 25.0 Å². The van der Waals surface area contributed by atoms with Gasteiger partial charge in [0.05, 0.1) is 4.88 Å². The summed E-state index contributed by atoms with van der Waals surface area (Å²) in [5.41, 5.74) is 1.41. The third-order valence-corrected chi connectivity index (χ3v) is 4.88. The Bertz CT molecular complexity index is 400. The monoisotopic (exact) mass is 250 g/mol. The molecule has 1 saturated heterocycles. The summed E-state index contributed by atoms with van der Waals surface area (Å²) in [4.78, 5) is 14.4. The van der Waals surface area contributed by atoms with E-state index in [1.807, 2.05) is 0 Å². The van der Waals surface area contributed by atoms with E-state index in [0.29, 0.717) is 6.04 Å². The SMILES string of the molecule is O=C(NC1CCNCC1)c1cc2c(s1)CCC2. The Morgan fingerprint density at radius 1 is 1.35 bits per heavy atom. The molecule has 2 N–H and O–H groups in total. The van der Waals surface area contributed by atoms with E-state index >= 15 is 0 Å². The van der Waals surface area contributed by atoms with Crippen LogP contribution in [0.15, 0.2) is 6.07 Å². The Balaban J connectivity index is 1.64. The molecule has 17 heavy (non-hydrogen) atoms. The van der Waals surface area contributed by atoms with E-state index in [1.165, 1.54) is 23.3 Å². The second kappa shape index (κ2) is 4.78. The average Bonchev–Trinajstić information content (AvgIpc) is 2.90. The first kappa shape index (κ1) is 11.2. The van der Waals surface area contributed by atoms with Crippen molar-refractivity contribution in [3.63, 3.8) is 0 Å². The third kappa shape index (κ3) is 2.38. The fourth-order valence-electron chi connectivity index (χ4n) is 2.66. The molecule has 0 radical (unpaired) electrons. The highest BCUT2D eigenvalue weighted by molar-refractivity contribution is 7.14. The molecule has 1 aromatic heterocycles. The second-order valence-corrected chi connectivity index (χ2v) is 6.05. The van der Waals surface area contributed by atoms with Crippen molar-refractivity contribution < 1.29 is 4.79 Å². The fourth-order valence-corrected chi connectivity index (χ4v) is 3.82. The molecule has 92 valence electrons. The highest BCUT2D eigenvalue weighted by atomic mass is 32.1. The molecule has 4 heteroatoms. The largest absolute Gasteiger partial charge is 0.349 e. The highest BCUT2D eigenvalue weighted by Gasteiger charge is 2.21. The molecule has 1 fully saturated rings. The summed E-state index contributed by atoms with van der Waals surface area (Å²) in [7, 11) is 0. The molecule has 2 aliphatic rings. The lowest BCUT2D eigenvalue weighted by Gasteiger charge is -2.23. The molecule has 0 spiro atoms. The molecule has 2 heterocycles. The Labute approximate surface area is 106 Å². The summed E-state index contributed by atoms with van der Waals surface area (Å²) in [6.07, 6.45) is 5.69. The zero-order valence-electron chi connectivity index (χ0n) is 9.92. The first-order valence-corrected chi connectivity index (χ1v) is 7.28. The minimum absolute atomic E-state index is 0.135. The smallest absolute Gasteiger partial charge is 0.261 e. The van der Waals surface area contributed by atoms with Crippen LogP contribution in [-0.2, 0) is 12.8 Å². The van der Waals surface area contributed by atoms with Gasteiger partial charge in [-0.2, -0.15) is 0 Å². The molecule has 1 aliphatic carbocycles. The van der Waals surface area contributed by atoms with Gasteiger partial charge in [0.1, 0.15) is 0 Å². The van der Waals surface area contributed by atoms with Gasteiger partial charge in [-0.05, 0) is 56.8 Å². The normalized spacial score (nSPS) is 20.2. The van der Waals surface area contributed by atoms with E-state index in [9.17, 15) is 4.79 Å². The van der Waals surface area contributed by atoms with Gasteiger partial charge in [0, 0.05) is 10.9 Å². The number of rotatable bonds is 2. The van der Waals surface area contributed by atoms with Crippen molar-refractivity contribution in [3.05, 3.63) is 21.4 Å². The van der Waals surface area contributed by atoms with E-state index in [4.69, 9.17) is 0 Å². The van der Waals surface area contributed by atoms with Gasteiger partial charge in [0.2, 0.25) is 0 Å². The first-order valence-electron chi connectivity index (χ1n) is 6.46. The predicted molar refractivity (Wildman–Crippen MR) is 69.7 cm³/mol. The minimum atomic E-state index is 0.135. The maximum atomic E-state index is 12.1. The van der Waals surface area contributed by atoms with Crippen LogP contribution in [0.5, 0.6) is 0 Å². The Morgan fingerprint density at radius 2 is 2.18 bits per heavy atom. The molecule has 0 bridgehead atoms. The number of piperidine rings is 1. The molecule has 3 rings (SSSR count). The van der Waals surface area contributed by atoms with Crippen molar-refractivity contribution in [3.8, 4) is 0 Å². The number of carbonyl (C=O) groups is 1. The summed E-state index contributed by atoms with van der Waals surface area (Å²) in [6.45, 7) is 2.04. The molecular formula is C13H18N2OS. The van der Waals surface area contributed by atoms with Crippen LogP contribution in [0, 0.1) is 0 Å². The quantitative estimate of drug-likeness (QED) is 0.839. The fraction of sp³-hybridized carbons (Fsp3) is 0.615. The molecular weight excluding hydrogens is 232 g/mol. The Hall–Kier alpha value is -0.870. The van der Waals surface area contributed by atoms with Gasteiger partial charge in [0.25, 0.3) is 5.91 Å². The highest BCUT2D eigenvalue weighted by Crippen LogP contribution is 2.30. The molecule has 3 nitrogen and oxygen atoms in total. The van der Waals surface area contributed by atoms with E-state index in [0.717, 1.165) is 37.2 Å². The number of nitrogens with one attached hydrogen (secondary N) is 2. The Kier molecular flexibility index (Phi) is 3.16. The van der Waals surface area contributed by atoms with Crippen LogP contribution in [0.2, 0.25) is 0 Å². The summed E-state index contributed by atoms with van der Waals surface area (Å²) in [5.74, 6) is 0.135. The zero-order chi connectivity index (χ0) is 11.7. The lowest BCUT2D eigenvalue weighted by Crippen LogP contribution is -2.42. The maximum absolute atomic E-state index is 12.1. The molecule has 1 aromatic rings. The van der Waals surface area contributed by atoms with Gasteiger partial charge in [-0.1, -0.05) is 0 Å². The standard InChI is InChI=1S/C13H18N2OS/c16-13(15-10-4-6-14-7-5-10)12-8-9-2-1-3-11(9)17-12/h8,10,14H,1-7H2,(H,15,16). The molecule has 0 unspecified atom stereocenters. The lowest BCUT2D eigenvalue weighted by atomic mass is 10.1. The van der Waals surface area contributed by atoms with E-state index in [-0.39, 0.29) is 5.91 Å². The van der Waals surface area contributed by atoms with Gasteiger partial charge >= 0.3 is 0 Å². The Morgan fingerprint density at radius 3 is 2.94 bits per heavy atom.